The zero-order chi connectivity index (χ0) is 16.6. The van der Waals surface area contributed by atoms with Crippen LogP contribution >= 0.6 is 0 Å². The van der Waals surface area contributed by atoms with E-state index in [0.717, 1.165) is 5.52 Å². The Labute approximate surface area is 133 Å². The second-order valence-corrected chi connectivity index (χ2v) is 5.40. The van der Waals surface area contributed by atoms with Crippen LogP contribution in [0.1, 0.15) is 28.5 Å². The minimum absolute atomic E-state index is 0.0300. The molecular weight excluding hydrogens is 294 g/mol. The standard InChI is InChI=1S/C18H17NO4/c1-2-14-17(18(22)23)13-9-12(20)7-8-15(13)19(14)10-11-5-3-4-6-16(11)21/h3-9,20-21H,2,10H2,1H3,(H,22,23). The number of hydrogen-bond donors (Lipinski definition) is 3. The van der Waals surface area contributed by atoms with Gasteiger partial charge in [0.1, 0.15) is 11.5 Å². The van der Waals surface area contributed by atoms with E-state index in [1.807, 2.05) is 23.6 Å². The Morgan fingerprint density at radius 2 is 1.87 bits per heavy atom. The van der Waals surface area contributed by atoms with Crippen LogP contribution in [-0.2, 0) is 13.0 Å². The molecule has 1 aromatic heterocycles. The van der Waals surface area contributed by atoms with Crippen molar-refractivity contribution in [3.8, 4) is 11.5 Å². The van der Waals surface area contributed by atoms with Crippen LogP contribution in [0.2, 0.25) is 0 Å². The predicted molar refractivity (Wildman–Crippen MR) is 87.1 cm³/mol. The number of aromatic hydroxyl groups is 2. The average molecular weight is 311 g/mol. The van der Waals surface area contributed by atoms with Gasteiger partial charge >= 0.3 is 5.97 Å². The Balaban J connectivity index is 2.27. The predicted octanol–water partition coefficient (Wildman–Crippen LogP) is 3.36. The molecule has 3 N–H and O–H groups in total. The molecule has 0 aliphatic heterocycles. The number of hydrogen-bond acceptors (Lipinski definition) is 3. The molecule has 5 heteroatoms. The molecular formula is C18H17NO4. The SMILES string of the molecule is CCc1c(C(=O)O)c2cc(O)ccc2n1Cc1ccccc1O. The minimum Gasteiger partial charge on any atom is -0.508 e. The molecule has 0 bridgehead atoms. The number of carbonyl (C=O) groups is 1. The van der Waals surface area contributed by atoms with Crippen molar-refractivity contribution in [3.05, 3.63) is 59.3 Å². The number of phenolic OH excluding ortho intramolecular Hbond substituents is 2. The number of fused-ring (bicyclic) bond motifs is 1. The molecule has 0 aliphatic carbocycles. The molecule has 5 nitrogen and oxygen atoms in total. The van der Waals surface area contributed by atoms with Gasteiger partial charge in [-0.2, -0.15) is 0 Å². The summed E-state index contributed by atoms with van der Waals surface area (Å²) < 4.78 is 1.88. The zero-order valence-electron chi connectivity index (χ0n) is 12.7. The Bertz CT molecular complexity index is 895. The van der Waals surface area contributed by atoms with Gasteiger partial charge in [-0.3, -0.25) is 0 Å². The van der Waals surface area contributed by atoms with Gasteiger partial charge in [0.25, 0.3) is 0 Å². The fraction of sp³-hybridized carbons (Fsp3) is 0.167. The molecule has 2 aromatic carbocycles. The maximum Gasteiger partial charge on any atom is 0.338 e. The first-order chi connectivity index (χ1) is 11.0. The molecule has 0 amide bonds. The van der Waals surface area contributed by atoms with Gasteiger partial charge in [0.05, 0.1) is 12.1 Å². The van der Waals surface area contributed by atoms with Crippen molar-refractivity contribution in [3.63, 3.8) is 0 Å². The van der Waals surface area contributed by atoms with E-state index in [-0.39, 0.29) is 17.1 Å². The second kappa shape index (κ2) is 5.68. The van der Waals surface area contributed by atoms with E-state index in [2.05, 4.69) is 0 Å². The molecule has 0 radical (unpaired) electrons. The van der Waals surface area contributed by atoms with Crippen LogP contribution in [0.15, 0.2) is 42.5 Å². The molecule has 0 aliphatic rings. The van der Waals surface area contributed by atoms with Crippen molar-refractivity contribution < 1.29 is 20.1 Å². The Morgan fingerprint density at radius 1 is 1.13 bits per heavy atom. The third-order valence-corrected chi connectivity index (χ3v) is 4.02. The van der Waals surface area contributed by atoms with Crippen LogP contribution < -0.4 is 0 Å². The Kier molecular flexibility index (Phi) is 3.70. The van der Waals surface area contributed by atoms with Crippen molar-refractivity contribution in [2.24, 2.45) is 0 Å². The van der Waals surface area contributed by atoms with Crippen LogP contribution in [-0.4, -0.2) is 25.9 Å². The maximum absolute atomic E-state index is 11.7. The van der Waals surface area contributed by atoms with Crippen LogP contribution in [0.25, 0.3) is 10.9 Å². The third-order valence-electron chi connectivity index (χ3n) is 4.02. The zero-order valence-corrected chi connectivity index (χ0v) is 12.7. The smallest absolute Gasteiger partial charge is 0.338 e. The number of rotatable bonds is 4. The average Bonchev–Trinajstić information content (AvgIpc) is 2.82. The minimum atomic E-state index is -1.02. The van der Waals surface area contributed by atoms with E-state index in [1.165, 1.54) is 12.1 Å². The fourth-order valence-corrected chi connectivity index (χ4v) is 3.00. The van der Waals surface area contributed by atoms with Crippen molar-refractivity contribution in [1.82, 2.24) is 4.57 Å². The lowest BCUT2D eigenvalue weighted by atomic mass is 10.1. The van der Waals surface area contributed by atoms with Crippen molar-refractivity contribution >= 4 is 16.9 Å². The highest BCUT2D eigenvalue weighted by atomic mass is 16.4. The van der Waals surface area contributed by atoms with Crippen molar-refractivity contribution in [1.29, 1.82) is 0 Å². The van der Waals surface area contributed by atoms with E-state index < -0.39 is 5.97 Å². The van der Waals surface area contributed by atoms with Gasteiger partial charge < -0.3 is 19.9 Å². The largest absolute Gasteiger partial charge is 0.508 e. The van der Waals surface area contributed by atoms with Gasteiger partial charge in [-0.1, -0.05) is 25.1 Å². The molecule has 0 unspecified atom stereocenters. The van der Waals surface area contributed by atoms with Gasteiger partial charge in [0, 0.05) is 22.2 Å². The van der Waals surface area contributed by atoms with Crippen molar-refractivity contribution in [2.45, 2.75) is 19.9 Å². The van der Waals surface area contributed by atoms with E-state index in [9.17, 15) is 20.1 Å². The van der Waals surface area contributed by atoms with E-state index >= 15 is 0 Å². The summed E-state index contributed by atoms with van der Waals surface area (Å²) in [4.78, 5) is 11.7. The normalized spacial score (nSPS) is 11.0. The van der Waals surface area contributed by atoms with Gasteiger partial charge in [-0.05, 0) is 30.7 Å². The fourth-order valence-electron chi connectivity index (χ4n) is 3.00. The number of carboxylic acid groups (broad SMARTS) is 1. The van der Waals surface area contributed by atoms with Gasteiger partial charge in [-0.25, -0.2) is 4.79 Å². The summed E-state index contributed by atoms with van der Waals surface area (Å²) in [6, 6.07) is 11.7. The summed E-state index contributed by atoms with van der Waals surface area (Å²) in [6.07, 6.45) is 0.532. The number of aromatic nitrogens is 1. The highest BCUT2D eigenvalue weighted by Crippen LogP contribution is 2.31. The third kappa shape index (κ3) is 2.50. The lowest BCUT2D eigenvalue weighted by Gasteiger charge is -2.11. The lowest BCUT2D eigenvalue weighted by molar-refractivity contribution is 0.0697. The van der Waals surface area contributed by atoms with E-state index in [1.54, 1.807) is 18.2 Å². The van der Waals surface area contributed by atoms with Crippen LogP contribution in [0.5, 0.6) is 11.5 Å². The summed E-state index contributed by atoms with van der Waals surface area (Å²) >= 11 is 0. The molecule has 23 heavy (non-hydrogen) atoms. The summed E-state index contributed by atoms with van der Waals surface area (Å²) in [7, 11) is 0. The van der Waals surface area contributed by atoms with Gasteiger partial charge in [0.15, 0.2) is 0 Å². The van der Waals surface area contributed by atoms with E-state index in [4.69, 9.17) is 0 Å². The lowest BCUT2D eigenvalue weighted by Crippen LogP contribution is -2.07. The molecule has 0 saturated heterocycles. The monoisotopic (exact) mass is 311 g/mol. The first-order valence-corrected chi connectivity index (χ1v) is 7.37. The highest BCUT2D eigenvalue weighted by Gasteiger charge is 2.21. The second-order valence-electron chi connectivity index (χ2n) is 5.40. The molecule has 1 heterocycles. The Hall–Kier alpha value is -2.95. The number of carboxylic acids is 1. The summed E-state index contributed by atoms with van der Waals surface area (Å²) in [5.41, 5.74) is 2.31. The number of phenols is 2. The summed E-state index contributed by atoms with van der Waals surface area (Å²) in [5, 5.41) is 29.8. The molecule has 3 aromatic rings. The molecule has 3 rings (SSSR count). The van der Waals surface area contributed by atoms with Crippen LogP contribution in [0.3, 0.4) is 0 Å². The molecule has 0 spiro atoms. The number of nitrogens with zero attached hydrogens (tertiary/aromatic N) is 1. The quantitative estimate of drug-likeness (QED) is 0.690. The topological polar surface area (TPSA) is 82.7 Å². The summed E-state index contributed by atoms with van der Waals surface area (Å²) in [6.45, 7) is 2.26. The Morgan fingerprint density at radius 3 is 2.52 bits per heavy atom. The number of benzene rings is 2. The number of para-hydroxylation sites is 1. The van der Waals surface area contributed by atoms with Crippen molar-refractivity contribution in [2.75, 3.05) is 0 Å². The summed E-state index contributed by atoms with van der Waals surface area (Å²) in [5.74, 6) is -0.817. The molecule has 0 fully saturated rings. The van der Waals surface area contributed by atoms with Gasteiger partial charge in [-0.15, -0.1) is 0 Å². The number of aromatic carboxylic acids is 1. The molecule has 0 atom stereocenters. The van der Waals surface area contributed by atoms with Gasteiger partial charge in [0.2, 0.25) is 0 Å². The highest BCUT2D eigenvalue weighted by molar-refractivity contribution is 6.05. The first-order valence-electron chi connectivity index (χ1n) is 7.37. The maximum atomic E-state index is 11.7. The molecule has 0 saturated carbocycles. The van der Waals surface area contributed by atoms with Crippen LogP contribution in [0, 0.1) is 0 Å². The van der Waals surface area contributed by atoms with Crippen LogP contribution in [0.4, 0.5) is 0 Å². The van der Waals surface area contributed by atoms with E-state index in [0.29, 0.717) is 29.6 Å². The molecule has 118 valence electrons. The first kappa shape index (κ1) is 15.0.